The number of methoxy groups -OCH3 is 1. The van der Waals surface area contributed by atoms with Crippen LogP contribution in [0.5, 0.6) is 5.75 Å². The quantitative estimate of drug-likeness (QED) is 0.475. The van der Waals surface area contributed by atoms with Crippen LogP contribution in [0.3, 0.4) is 0 Å². The number of nitrogens with zero attached hydrogens (tertiary/aromatic N) is 3. The lowest BCUT2D eigenvalue weighted by Crippen LogP contribution is -2.36. The van der Waals surface area contributed by atoms with Gasteiger partial charge in [0.15, 0.2) is 5.69 Å². The first-order chi connectivity index (χ1) is 16.0. The highest BCUT2D eigenvalue weighted by Crippen LogP contribution is 2.21. The Hall–Kier alpha value is -3.97. The zero-order valence-electron chi connectivity index (χ0n) is 18.9. The zero-order valence-corrected chi connectivity index (χ0v) is 18.9. The molecule has 4 rings (SSSR count). The predicted molar refractivity (Wildman–Crippen MR) is 129 cm³/mol. The summed E-state index contributed by atoms with van der Waals surface area (Å²) in [5, 5.41) is 8.43. The number of likely N-dealkylation sites (N-methyl/N-ethyl adjacent to an activating group) is 1. The molecule has 1 atom stereocenters. The summed E-state index contributed by atoms with van der Waals surface area (Å²) in [5.41, 5.74) is 1.60. The number of benzene rings is 3. The van der Waals surface area contributed by atoms with Gasteiger partial charge < -0.3 is 15.0 Å². The van der Waals surface area contributed by atoms with Gasteiger partial charge in [-0.05, 0) is 50.0 Å². The van der Waals surface area contributed by atoms with Gasteiger partial charge in [-0.2, -0.15) is 9.78 Å². The van der Waals surface area contributed by atoms with Crippen LogP contribution in [0.4, 0.5) is 0 Å². The van der Waals surface area contributed by atoms with Crippen LogP contribution in [0.25, 0.3) is 16.5 Å². The molecule has 33 heavy (non-hydrogen) atoms. The van der Waals surface area contributed by atoms with Gasteiger partial charge in [0.2, 0.25) is 0 Å². The number of ether oxygens (including phenoxy) is 1. The summed E-state index contributed by atoms with van der Waals surface area (Å²) in [6, 6.07) is 23.9. The van der Waals surface area contributed by atoms with E-state index in [0.717, 1.165) is 11.3 Å². The highest BCUT2D eigenvalue weighted by Gasteiger charge is 2.20. The lowest BCUT2D eigenvalue weighted by Gasteiger charge is -2.25. The Morgan fingerprint density at radius 2 is 1.61 bits per heavy atom. The molecule has 0 saturated carbocycles. The Morgan fingerprint density at radius 1 is 0.970 bits per heavy atom. The summed E-state index contributed by atoms with van der Waals surface area (Å²) in [6.07, 6.45) is 0. The van der Waals surface area contributed by atoms with Gasteiger partial charge in [0.25, 0.3) is 11.5 Å². The lowest BCUT2D eigenvalue weighted by molar-refractivity contribution is 0.0937. The third-order valence-electron chi connectivity index (χ3n) is 5.60. The maximum atomic E-state index is 13.3. The molecule has 0 saturated heterocycles. The SMILES string of the molecule is COc1ccc([C@@H](CNC(=O)c2nn(-c3ccccc3)c(=O)c3ccccc23)N(C)C)cc1. The summed E-state index contributed by atoms with van der Waals surface area (Å²) in [5.74, 6) is 0.440. The van der Waals surface area contributed by atoms with Gasteiger partial charge in [0.05, 0.1) is 24.2 Å². The molecular weight excluding hydrogens is 416 g/mol. The highest BCUT2D eigenvalue weighted by atomic mass is 16.5. The third-order valence-corrected chi connectivity index (χ3v) is 5.60. The molecule has 1 N–H and O–H groups in total. The van der Waals surface area contributed by atoms with Crippen molar-refractivity contribution in [3.63, 3.8) is 0 Å². The normalized spacial score (nSPS) is 12.0. The van der Waals surface area contributed by atoms with E-state index in [1.807, 2.05) is 61.5 Å². The second-order valence-electron chi connectivity index (χ2n) is 7.91. The summed E-state index contributed by atoms with van der Waals surface area (Å²) in [4.78, 5) is 28.4. The number of hydrogen-bond donors (Lipinski definition) is 1. The van der Waals surface area contributed by atoms with Crippen LogP contribution >= 0.6 is 0 Å². The molecular formula is C26H26N4O3. The molecule has 3 aromatic carbocycles. The monoisotopic (exact) mass is 442 g/mol. The first kappa shape index (κ1) is 22.2. The van der Waals surface area contributed by atoms with E-state index in [2.05, 4.69) is 10.4 Å². The van der Waals surface area contributed by atoms with Gasteiger partial charge in [-0.1, -0.05) is 48.5 Å². The molecule has 0 aliphatic rings. The average Bonchev–Trinajstić information content (AvgIpc) is 2.85. The fourth-order valence-corrected chi connectivity index (χ4v) is 3.80. The predicted octanol–water partition coefficient (Wildman–Crippen LogP) is 3.43. The molecule has 0 radical (unpaired) electrons. The van der Waals surface area contributed by atoms with Gasteiger partial charge in [-0.15, -0.1) is 0 Å². The van der Waals surface area contributed by atoms with Crippen LogP contribution in [0.15, 0.2) is 83.7 Å². The average molecular weight is 443 g/mol. The van der Waals surface area contributed by atoms with E-state index in [9.17, 15) is 9.59 Å². The standard InChI is InChI=1S/C26H26N4O3/c1-29(2)23(18-13-15-20(33-3)16-14-18)17-27-25(31)24-21-11-7-8-12-22(21)26(32)30(28-24)19-9-5-4-6-10-19/h4-16,23H,17H2,1-3H3,(H,27,31)/t23-/m1/s1. The number of fused-ring (bicyclic) bond motifs is 1. The molecule has 0 aliphatic carbocycles. The Labute approximate surface area is 192 Å². The third kappa shape index (κ3) is 4.63. The molecule has 168 valence electrons. The van der Waals surface area contributed by atoms with Crippen LogP contribution in [0.1, 0.15) is 22.1 Å². The van der Waals surface area contributed by atoms with Gasteiger partial charge >= 0.3 is 0 Å². The summed E-state index contributed by atoms with van der Waals surface area (Å²) < 4.78 is 6.53. The molecule has 7 nitrogen and oxygen atoms in total. The smallest absolute Gasteiger partial charge is 0.279 e. The number of amides is 1. The highest BCUT2D eigenvalue weighted by molar-refractivity contribution is 6.04. The second-order valence-corrected chi connectivity index (χ2v) is 7.91. The lowest BCUT2D eigenvalue weighted by atomic mass is 10.1. The Bertz CT molecular complexity index is 1320. The van der Waals surface area contributed by atoms with Crippen LogP contribution in [-0.4, -0.2) is 48.3 Å². The van der Waals surface area contributed by atoms with Crippen LogP contribution in [0.2, 0.25) is 0 Å². The van der Waals surface area contributed by atoms with Gasteiger partial charge in [0, 0.05) is 11.9 Å². The minimum absolute atomic E-state index is 0.0499. The second kappa shape index (κ2) is 9.67. The molecule has 1 amide bonds. The van der Waals surface area contributed by atoms with Crippen LogP contribution in [0, 0.1) is 0 Å². The minimum Gasteiger partial charge on any atom is -0.497 e. The number of rotatable bonds is 7. The minimum atomic E-state index is -0.337. The number of carbonyl (C=O) groups excluding carboxylic acids is 1. The van der Waals surface area contributed by atoms with Crippen molar-refractivity contribution < 1.29 is 9.53 Å². The number of aromatic nitrogens is 2. The van der Waals surface area contributed by atoms with Crippen molar-refractivity contribution in [2.75, 3.05) is 27.7 Å². The number of hydrogen-bond acceptors (Lipinski definition) is 5. The first-order valence-corrected chi connectivity index (χ1v) is 10.7. The van der Waals surface area contributed by atoms with Crippen LogP contribution < -0.4 is 15.6 Å². The van der Waals surface area contributed by atoms with E-state index in [1.54, 1.807) is 43.5 Å². The molecule has 0 unspecified atom stereocenters. The first-order valence-electron chi connectivity index (χ1n) is 10.7. The molecule has 0 fully saturated rings. The Morgan fingerprint density at radius 3 is 2.24 bits per heavy atom. The maximum absolute atomic E-state index is 13.3. The van der Waals surface area contributed by atoms with Crippen molar-refractivity contribution in [1.82, 2.24) is 20.0 Å². The maximum Gasteiger partial charge on any atom is 0.279 e. The fourth-order valence-electron chi connectivity index (χ4n) is 3.80. The van der Waals surface area contributed by atoms with Gasteiger partial charge in [0.1, 0.15) is 5.75 Å². The summed E-state index contributed by atoms with van der Waals surface area (Å²) in [7, 11) is 5.56. The van der Waals surface area contributed by atoms with Crippen molar-refractivity contribution in [3.8, 4) is 11.4 Å². The number of para-hydroxylation sites is 1. The topological polar surface area (TPSA) is 76.5 Å². The van der Waals surface area contributed by atoms with E-state index in [-0.39, 0.29) is 23.2 Å². The van der Waals surface area contributed by atoms with E-state index in [4.69, 9.17) is 4.74 Å². The van der Waals surface area contributed by atoms with Crippen molar-refractivity contribution in [2.24, 2.45) is 0 Å². The molecule has 4 aromatic rings. The van der Waals surface area contributed by atoms with Crippen molar-refractivity contribution in [3.05, 3.63) is 100 Å². The largest absolute Gasteiger partial charge is 0.497 e. The van der Waals surface area contributed by atoms with Gasteiger partial charge in [-0.25, -0.2) is 0 Å². The Balaban J connectivity index is 1.67. The number of carbonyl (C=O) groups is 1. The zero-order chi connectivity index (χ0) is 23.4. The molecule has 0 aliphatic heterocycles. The summed E-state index contributed by atoms with van der Waals surface area (Å²) >= 11 is 0. The number of nitrogens with one attached hydrogen (secondary N) is 1. The summed E-state index contributed by atoms with van der Waals surface area (Å²) in [6.45, 7) is 0.374. The van der Waals surface area contributed by atoms with Crippen molar-refractivity contribution >= 4 is 16.7 Å². The molecule has 1 heterocycles. The molecule has 0 bridgehead atoms. The van der Waals surface area contributed by atoms with E-state index >= 15 is 0 Å². The van der Waals surface area contributed by atoms with E-state index < -0.39 is 0 Å². The van der Waals surface area contributed by atoms with Crippen molar-refractivity contribution in [2.45, 2.75) is 6.04 Å². The van der Waals surface area contributed by atoms with Gasteiger partial charge in [-0.3, -0.25) is 9.59 Å². The Kier molecular flexibility index (Phi) is 6.51. The molecule has 1 aromatic heterocycles. The van der Waals surface area contributed by atoms with Crippen molar-refractivity contribution in [1.29, 1.82) is 0 Å². The fraction of sp³-hybridized carbons (Fsp3) is 0.192. The van der Waals surface area contributed by atoms with E-state index in [1.165, 1.54) is 4.68 Å². The van der Waals surface area contributed by atoms with E-state index in [0.29, 0.717) is 23.0 Å². The van der Waals surface area contributed by atoms with Crippen LogP contribution in [-0.2, 0) is 0 Å². The molecule has 0 spiro atoms. The molecule has 7 heteroatoms.